The van der Waals surface area contributed by atoms with Gasteiger partial charge in [-0.1, -0.05) is 19.1 Å². The lowest BCUT2D eigenvalue weighted by molar-refractivity contribution is -0.137. The third-order valence-corrected chi connectivity index (χ3v) is 5.36. The molecule has 2 aromatic carbocycles. The molecule has 0 radical (unpaired) electrons. The van der Waals surface area contributed by atoms with Crippen molar-refractivity contribution in [2.45, 2.75) is 32.5 Å². The van der Waals surface area contributed by atoms with Crippen molar-refractivity contribution >= 4 is 17.7 Å². The summed E-state index contributed by atoms with van der Waals surface area (Å²) in [5, 5.41) is 12.2. The first kappa shape index (κ1) is 22.8. The van der Waals surface area contributed by atoms with Crippen LogP contribution in [0.4, 0.5) is 23.2 Å². The molecule has 0 aromatic heterocycles. The molecule has 8 heteroatoms. The first-order valence-corrected chi connectivity index (χ1v) is 10.0. The molecule has 1 aliphatic heterocycles. The minimum atomic E-state index is -4.57. The fraction of sp³-hybridized carbons (Fsp3) is 0.348. The number of amides is 1. The van der Waals surface area contributed by atoms with Gasteiger partial charge in [0.15, 0.2) is 0 Å². The molecule has 0 atom stereocenters. The molecule has 0 spiro atoms. The maximum absolute atomic E-state index is 14.4. The van der Waals surface area contributed by atoms with Gasteiger partial charge >= 0.3 is 6.18 Å². The molecule has 0 saturated carbocycles. The highest BCUT2D eigenvalue weighted by molar-refractivity contribution is 6.02. The number of nitrogens with one attached hydrogen (secondary N) is 1. The van der Waals surface area contributed by atoms with E-state index in [9.17, 15) is 27.5 Å². The molecule has 1 amide bonds. The summed E-state index contributed by atoms with van der Waals surface area (Å²) in [6.07, 6.45) is -0.136. The van der Waals surface area contributed by atoms with E-state index in [1.165, 1.54) is 12.1 Å². The summed E-state index contributed by atoms with van der Waals surface area (Å²) < 4.78 is 52.4. The Labute approximate surface area is 178 Å². The molecule has 166 valence electrons. The lowest BCUT2D eigenvalue weighted by Gasteiger charge is -2.30. The quantitative estimate of drug-likeness (QED) is 0.485. The normalized spacial score (nSPS) is 16.0. The van der Waals surface area contributed by atoms with Crippen LogP contribution in [0.1, 0.15) is 36.5 Å². The number of phenols is 1. The van der Waals surface area contributed by atoms with E-state index < -0.39 is 29.2 Å². The molecular weight excluding hydrogens is 412 g/mol. The Morgan fingerprint density at radius 2 is 1.90 bits per heavy atom. The van der Waals surface area contributed by atoms with Crippen molar-refractivity contribution in [1.29, 1.82) is 0 Å². The van der Waals surface area contributed by atoms with Crippen LogP contribution in [0.2, 0.25) is 0 Å². The van der Waals surface area contributed by atoms with Gasteiger partial charge in [-0.3, -0.25) is 9.69 Å². The van der Waals surface area contributed by atoms with Gasteiger partial charge < -0.3 is 10.4 Å². The number of halogens is 4. The third-order valence-electron chi connectivity index (χ3n) is 5.36. The summed E-state index contributed by atoms with van der Waals surface area (Å²) in [6, 6.07) is 6.95. The van der Waals surface area contributed by atoms with Crippen molar-refractivity contribution in [2.24, 2.45) is 5.92 Å². The molecule has 31 heavy (non-hydrogen) atoms. The summed E-state index contributed by atoms with van der Waals surface area (Å²) in [5.74, 6) is -0.921. The standard InChI is InChI=1S/C23H24F4N2O2/c1-15-8-10-29(11-9-15)14-17-3-6-19(13-20(17)24)28-22(31)7-4-16-2-5-18(12-21(16)30)23(25,26)27/h2-7,12-13,15,30H,8-11,14H2,1H3,(H,28,31)/b7-4+. The van der Waals surface area contributed by atoms with E-state index in [1.807, 2.05) is 0 Å². The molecule has 0 unspecified atom stereocenters. The predicted molar refractivity (Wildman–Crippen MR) is 111 cm³/mol. The summed E-state index contributed by atoms with van der Waals surface area (Å²) in [6.45, 7) is 4.59. The average molecular weight is 436 g/mol. The molecule has 3 rings (SSSR count). The Kier molecular flexibility index (Phi) is 7.00. The number of likely N-dealkylation sites (tertiary alicyclic amines) is 1. The van der Waals surface area contributed by atoms with E-state index >= 15 is 0 Å². The van der Waals surface area contributed by atoms with E-state index in [2.05, 4.69) is 17.1 Å². The Bertz CT molecular complexity index is 965. The maximum Gasteiger partial charge on any atom is 0.416 e. The van der Waals surface area contributed by atoms with Crippen LogP contribution in [0, 0.1) is 11.7 Å². The summed E-state index contributed by atoms with van der Waals surface area (Å²) in [7, 11) is 0. The minimum absolute atomic E-state index is 0.0560. The zero-order chi connectivity index (χ0) is 22.6. The van der Waals surface area contributed by atoms with Crippen molar-refractivity contribution in [3.05, 3.63) is 65.0 Å². The van der Waals surface area contributed by atoms with Crippen LogP contribution in [0.5, 0.6) is 5.75 Å². The van der Waals surface area contributed by atoms with Crippen molar-refractivity contribution < 1.29 is 27.5 Å². The Morgan fingerprint density at radius 1 is 1.19 bits per heavy atom. The molecule has 4 nitrogen and oxygen atoms in total. The van der Waals surface area contributed by atoms with Crippen LogP contribution in [-0.4, -0.2) is 29.0 Å². The fourth-order valence-electron chi connectivity index (χ4n) is 3.42. The molecule has 1 aliphatic rings. The second-order valence-electron chi connectivity index (χ2n) is 7.86. The highest BCUT2D eigenvalue weighted by Gasteiger charge is 2.30. The number of carbonyl (C=O) groups excluding carboxylic acids is 1. The molecular formula is C23H24F4N2O2. The minimum Gasteiger partial charge on any atom is -0.507 e. The number of hydrogen-bond acceptors (Lipinski definition) is 3. The number of aromatic hydroxyl groups is 1. The molecule has 2 N–H and O–H groups in total. The van der Waals surface area contributed by atoms with Crippen LogP contribution in [0.15, 0.2) is 42.5 Å². The smallest absolute Gasteiger partial charge is 0.416 e. The highest BCUT2D eigenvalue weighted by Crippen LogP contribution is 2.33. The topological polar surface area (TPSA) is 52.6 Å². The lowest BCUT2D eigenvalue weighted by atomic mass is 9.99. The van der Waals surface area contributed by atoms with Gasteiger partial charge in [-0.15, -0.1) is 0 Å². The van der Waals surface area contributed by atoms with Gasteiger partial charge in [-0.05, 0) is 62.2 Å². The van der Waals surface area contributed by atoms with Crippen LogP contribution in [0.3, 0.4) is 0 Å². The Morgan fingerprint density at radius 3 is 2.52 bits per heavy atom. The zero-order valence-corrected chi connectivity index (χ0v) is 17.0. The number of nitrogens with zero attached hydrogens (tertiary/aromatic N) is 1. The van der Waals surface area contributed by atoms with E-state index in [-0.39, 0.29) is 11.3 Å². The van der Waals surface area contributed by atoms with Crippen molar-refractivity contribution in [1.82, 2.24) is 4.90 Å². The molecule has 1 fully saturated rings. The number of benzene rings is 2. The first-order valence-electron chi connectivity index (χ1n) is 10.0. The van der Waals surface area contributed by atoms with Crippen LogP contribution in [0.25, 0.3) is 6.08 Å². The van der Waals surface area contributed by atoms with Crippen LogP contribution < -0.4 is 5.32 Å². The van der Waals surface area contributed by atoms with Gasteiger partial charge in [0, 0.05) is 29.4 Å². The Balaban J connectivity index is 1.60. The van der Waals surface area contributed by atoms with E-state index in [1.54, 1.807) is 12.1 Å². The number of alkyl halides is 3. The van der Waals surface area contributed by atoms with Gasteiger partial charge in [-0.2, -0.15) is 13.2 Å². The summed E-state index contributed by atoms with van der Waals surface area (Å²) >= 11 is 0. The summed E-state index contributed by atoms with van der Waals surface area (Å²) in [5.41, 5.74) is -0.112. The summed E-state index contributed by atoms with van der Waals surface area (Å²) in [4.78, 5) is 14.3. The van der Waals surface area contributed by atoms with Crippen LogP contribution in [-0.2, 0) is 17.5 Å². The second-order valence-corrected chi connectivity index (χ2v) is 7.86. The number of hydrogen-bond donors (Lipinski definition) is 2. The largest absolute Gasteiger partial charge is 0.507 e. The number of anilines is 1. The molecule has 1 heterocycles. The molecule has 1 saturated heterocycles. The number of rotatable bonds is 5. The van der Waals surface area contributed by atoms with E-state index in [0.29, 0.717) is 24.1 Å². The first-order chi connectivity index (χ1) is 14.6. The molecule has 0 aliphatic carbocycles. The average Bonchev–Trinajstić information content (AvgIpc) is 2.70. The van der Waals surface area contributed by atoms with Crippen molar-refractivity contribution in [3.63, 3.8) is 0 Å². The van der Waals surface area contributed by atoms with Crippen LogP contribution >= 0.6 is 0 Å². The number of piperidine rings is 1. The zero-order valence-electron chi connectivity index (χ0n) is 17.0. The Hall–Kier alpha value is -2.87. The van der Waals surface area contributed by atoms with E-state index in [0.717, 1.165) is 44.1 Å². The molecule has 2 aromatic rings. The van der Waals surface area contributed by atoms with Gasteiger partial charge in [-0.25, -0.2) is 4.39 Å². The van der Waals surface area contributed by atoms with Gasteiger partial charge in [0.1, 0.15) is 11.6 Å². The lowest BCUT2D eigenvalue weighted by Crippen LogP contribution is -2.32. The second kappa shape index (κ2) is 9.51. The van der Waals surface area contributed by atoms with Gasteiger partial charge in [0.05, 0.1) is 5.56 Å². The number of phenolic OH excluding ortho intramolecular Hbond substituents is 1. The predicted octanol–water partition coefficient (Wildman–Crippen LogP) is 5.43. The van der Waals surface area contributed by atoms with Crippen molar-refractivity contribution in [3.8, 4) is 5.75 Å². The SMILES string of the molecule is CC1CCN(Cc2ccc(NC(=O)/C=C/c3ccc(C(F)(F)F)cc3O)cc2F)CC1. The maximum atomic E-state index is 14.4. The number of carbonyl (C=O) groups is 1. The third kappa shape index (κ3) is 6.30. The van der Waals surface area contributed by atoms with E-state index in [4.69, 9.17) is 0 Å². The monoisotopic (exact) mass is 436 g/mol. The van der Waals surface area contributed by atoms with Gasteiger partial charge in [0.2, 0.25) is 5.91 Å². The highest BCUT2D eigenvalue weighted by atomic mass is 19.4. The van der Waals surface area contributed by atoms with Gasteiger partial charge in [0.25, 0.3) is 0 Å². The fourth-order valence-corrected chi connectivity index (χ4v) is 3.42. The van der Waals surface area contributed by atoms with Crippen molar-refractivity contribution in [2.75, 3.05) is 18.4 Å². The molecule has 0 bridgehead atoms.